The molecule has 0 aliphatic carbocycles. The summed E-state index contributed by atoms with van der Waals surface area (Å²) >= 11 is 0. The van der Waals surface area contributed by atoms with E-state index in [9.17, 15) is 0 Å². The maximum atomic E-state index is 6.50. The van der Waals surface area contributed by atoms with Crippen LogP contribution in [-0.4, -0.2) is 36.7 Å². The Labute approximate surface area is 134 Å². The topological polar surface area (TPSA) is 38.5 Å². The van der Waals surface area contributed by atoms with E-state index in [1.165, 1.54) is 24.0 Å². The van der Waals surface area contributed by atoms with Crippen molar-refractivity contribution < 1.29 is 4.74 Å². The molecule has 1 fully saturated rings. The van der Waals surface area contributed by atoms with Crippen molar-refractivity contribution in [3.05, 3.63) is 29.3 Å². The molecule has 22 heavy (non-hydrogen) atoms. The number of nitrogens with two attached hydrogens (primary N) is 1. The average Bonchev–Trinajstić information content (AvgIpc) is 2.54. The van der Waals surface area contributed by atoms with E-state index >= 15 is 0 Å². The third kappa shape index (κ3) is 3.31. The molecule has 0 saturated carbocycles. The second-order valence-electron chi connectivity index (χ2n) is 7.29. The number of nitrogens with zero attached hydrogens (tertiary/aromatic N) is 1. The van der Waals surface area contributed by atoms with Crippen LogP contribution in [0.4, 0.5) is 0 Å². The first-order valence-corrected chi connectivity index (χ1v) is 8.86. The molecule has 0 bridgehead atoms. The minimum atomic E-state index is 0.0889. The van der Waals surface area contributed by atoms with Gasteiger partial charge in [-0.25, -0.2) is 0 Å². The highest BCUT2D eigenvalue weighted by Crippen LogP contribution is 2.40. The van der Waals surface area contributed by atoms with Gasteiger partial charge >= 0.3 is 0 Å². The van der Waals surface area contributed by atoms with Crippen LogP contribution < -0.4 is 10.5 Å². The fourth-order valence-electron chi connectivity index (χ4n) is 3.75. The zero-order valence-corrected chi connectivity index (χ0v) is 14.1. The lowest BCUT2D eigenvalue weighted by Crippen LogP contribution is -2.50. The minimum Gasteiger partial charge on any atom is -0.487 e. The van der Waals surface area contributed by atoms with Crippen molar-refractivity contribution in [1.29, 1.82) is 0 Å². The molecule has 3 nitrogen and oxygen atoms in total. The van der Waals surface area contributed by atoms with Gasteiger partial charge in [0.1, 0.15) is 11.4 Å². The number of likely N-dealkylation sites (tertiary alicyclic amines) is 1. The maximum absolute atomic E-state index is 6.50. The van der Waals surface area contributed by atoms with Crippen LogP contribution >= 0.6 is 0 Å². The number of rotatable bonds is 4. The Hall–Kier alpha value is -1.06. The van der Waals surface area contributed by atoms with Crippen molar-refractivity contribution >= 4 is 0 Å². The number of hydrogen-bond acceptors (Lipinski definition) is 3. The smallest absolute Gasteiger partial charge is 0.123 e. The molecule has 3 rings (SSSR count). The number of aryl methyl sites for hydroxylation is 1. The van der Waals surface area contributed by atoms with E-state index in [4.69, 9.17) is 10.5 Å². The van der Waals surface area contributed by atoms with Gasteiger partial charge in [-0.15, -0.1) is 0 Å². The van der Waals surface area contributed by atoms with Crippen molar-refractivity contribution in [2.75, 3.05) is 26.2 Å². The van der Waals surface area contributed by atoms with Gasteiger partial charge in [0.25, 0.3) is 0 Å². The molecule has 0 unspecified atom stereocenters. The van der Waals surface area contributed by atoms with Crippen molar-refractivity contribution in [3.63, 3.8) is 0 Å². The van der Waals surface area contributed by atoms with Gasteiger partial charge in [-0.05, 0) is 68.3 Å². The van der Waals surface area contributed by atoms with Gasteiger partial charge < -0.3 is 15.4 Å². The average molecular weight is 302 g/mol. The SMILES string of the molecule is CC(C)c1ccc2c(c1)CCC1(CCN(CCCN)CC1)O2. The minimum absolute atomic E-state index is 0.0889. The number of piperidine rings is 1. The van der Waals surface area contributed by atoms with Gasteiger partial charge in [0.05, 0.1) is 0 Å². The molecule has 3 heteroatoms. The highest BCUT2D eigenvalue weighted by molar-refractivity contribution is 5.40. The number of ether oxygens (including phenoxy) is 1. The summed E-state index contributed by atoms with van der Waals surface area (Å²) in [5.41, 5.74) is 8.54. The molecule has 1 aromatic carbocycles. The first-order valence-electron chi connectivity index (χ1n) is 8.86. The van der Waals surface area contributed by atoms with Crippen LogP contribution in [0.3, 0.4) is 0 Å². The van der Waals surface area contributed by atoms with Crippen molar-refractivity contribution in [3.8, 4) is 5.75 Å². The van der Waals surface area contributed by atoms with E-state index in [1.807, 2.05) is 0 Å². The van der Waals surface area contributed by atoms with Crippen LogP contribution in [0.5, 0.6) is 5.75 Å². The van der Waals surface area contributed by atoms with Crippen LogP contribution in [0, 0.1) is 0 Å². The second-order valence-corrected chi connectivity index (χ2v) is 7.29. The highest BCUT2D eigenvalue weighted by atomic mass is 16.5. The monoisotopic (exact) mass is 302 g/mol. The molecule has 0 radical (unpaired) electrons. The maximum Gasteiger partial charge on any atom is 0.123 e. The van der Waals surface area contributed by atoms with Gasteiger partial charge in [-0.1, -0.05) is 26.0 Å². The van der Waals surface area contributed by atoms with Crippen LogP contribution in [0.25, 0.3) is 0 Å². The molecule has 1 spiro atoms. The Kier molecular flexibility index (Phi) is 4.74. The lowest BCUT2D eigenvalue weighted by atomic mass is 9.82. The predicted octanol–water partition coefficient (Wildman–Crippen LogP) is 3.32. The van der Waals surface area contributed by atoms with Crippen LogP contribution in [-0.2, 0) is 6.42 Å². The summed E-state index contributed by atoms with van der Waals surface area (Å²) in [5.74, 6) is 1.72. The third-order valence-corrected chi connectivity index (χ3v) is 5.37. The van der Waals surface area contributed by atoms with Crippen molar-refractivity contribution in [2.45, 2.75) is 57.5 Å². The zero-order chi connectivity index (χ0) is 15.6. The second kappa shape index (κ2) is 6.59. The molecule has 122 valence electrons. The normalized spacial score (nSPS) is 20.9. The molecule has 2 aliphatic heterocycles. The highest BCUT2D eigenvalue weighted by Gasteiger charge is 2.39. The molecule has 0 atom stereocenters. The van der Waals surface area contributed by atoms with Crippen molar-refractivity contribution in [1.82, 2.24) is 4.90 Å². The van der Waals surface area contributed by atoms with Crippen LogP contribution in [0.15, 0.2) is 18.2 Å². The molecule has 2 N–H and O–H groups in total. The Bertz CT molecular complexity index is 504. The molecule has 2 aliphatic rings. The van der Waals surface area contributed by atoms with E-state index in [1.54, 1.807) is 0 Å². The Morgan fingerprint density at radius 1 is 1.23 bits per heavy atom. The fraction of sp³-hybridized carbons (Fsp3) is 0.684. The zero-order valence-electron chi connectivity index (χ0n) is 14.1. The summed E-state index contributed by atoms with van der Waals surface area (Å²) in [5, 5.41) is 0. The lowest BCUT2D eigenvalue weighted by molar-refractivity contribution is -0.0145. The van der Waals surface area contributed by atoms with E-state index in [0.717, 1.165) is 51.2 Å². The largest absolute Gasteiger partial charge is 0.487 e. The van der Waals surface area contributed by atoms with Gasteiger partial charge in [0.15, 0.2) is 0 Å². The van der Waals surface area contributed by atoms with Gasteiger partial charge in [-0.3, -0.25) is 0 Å². The van der Waals surface area contributed by atoms with Gasteiger partial charge in [0.2, 0.25) is 0 Å². The lowest BCUT2D eigenvalue weighted by Gasteiger charge is -2.44. The summed E-state index contributed by atoms with van der Waals surface area (Å²) in [6.45, 7) is 8.75. The van der Waals surface area contributed by atoms with Crippen molar-refractivity contribution in [2.24, 2.45) is 5.73 Å². The van der Waals surface area contributed by atoms with Gasteiger partial charge in [-0.2, -0.15) is 0 Å². The molecule has 1 aromatic rings. The summed E-state index contributed by atoms with van der Waals surface area (Å²) in [6, 6.07) is 6.79. The molecular formula is C19H30N2O. The fourth-order valence-corrected chi connectivity index (χ4v) is 3.75. The van der Waals surface area contributed by atoms with E-state index in [-0.39, 0.29) is 5.60 Å². The molecule has 0 aromatic heterocycles. The standard InChI is InChI=1S/C19H30N2O/c1-15(2)16-4-5-18-17(14-16)6-7-19(22-18)8-12-21(13-9-19)11-3-10-20/h4-5,14-15H,3,6-13,20H2,1-2H3. The Morgan fingerprint density at radius 3 is 2.68 bits per heavy atom. The van der Waals surface area contributed by atoms with E-state index in [2.05, 4.69) is 36.9 Å². The Morgan fingerprint density at radius 2 is 2.00 bits per heavy atom. The molecular weight excluding hydrogens is 272 g/mol. The summed E-state index contributed by atoms with van der Waals surface area (Å²) < 4.78 is 6.50. The molecule has 1 saturated heterocycles. The van der Waals surface area contributed by atoms with Crippen LogP contribution in [0.2, 0.25) is 0 Å². The van der Waals surface area contributed by atoms with E-state index < -0.39 is 0 Å². The Balaban J connectivity index is 1.65. The summed E-state index contributed by atoms with van der Waals surface area (Å²) in [4.78, 5) is 2.54. The van der Waals surface area contributed by atoms with Crippen LogP contribution in [0.1, 0.15) is 56.6 Å². The number of hydrogen-bond donors (Lipinski definition) is 1. The number of benzene rings is 1. The summed E-state index contributed by atoms with van der Waals surface area (Å²) in [6.07, 6.45) is 5.76. The summed E-state index contributed by atoms with van der Waals surface area (Å²) in [7, 11) is 0. The molecule has 2 heterocycles. The third-order valence-electron chi connectivity index (χ3n) is 5.37. The number of fused-ring (bicyclic) bond motifs is 1. The molecule has 0 amide bonds. The quantitative estimate of drug-likeness (QED) is 0.927. The first-order chi connectivity index (χ1) is 10.6. The predicted molar refractivity (Wildman–Crippen MR) is 91.6 cm³/mol. The van der Waals surface area contributed by atoms with Gasteiger partial charge in [0, 0.05) is 13.1 Å². The first kappa shape index (κ1) is 15.8. The van der Waals surface area contributed by atoms with E-state index in [0.29, 0.717) is 5.92 Å².